The first-order chi connectivity index (χ1) is 12.1. The molecule has 2 aromatic carbocycles. The molecular weight excluding hydrogens is 337 g/mol. The van der Waals surface area contributed by atoms with E-state index in [1.165, 1.54) is 6.07 Å². The van der Waals surface area contributed by atoms with Crippen LogP contribution in [0.2, 0.25) is 0 Å². The molecule has 130 valence electrons. The van der Waals surface area contributed by atoms with Crippen molar-refractivity contribution in [2.45, 2.75) is 19.4 Å². The van der Waals surface area contributed by atoms with E-state index in [-0.39, 0.29) is 24.3 Å². The minimum absolute atomic E-state index is 0.107. The van der Waals surface area contributed by atoms with Crippen LogP contribution in [-0.4, -0.2) is 24.0 Å². The van der Waals surface area contributed by atoms with Crippen molar-refractivity contribution in [3.8, 4) is 0 Å². The second-order valence-corrected chi connectivity index (χ2v) is 6.91. The third-order valence-electron chi connectivity index (χ3n) is 3.94. The number of thiazole rings is 1. The monoisotopic (exact) mass is 357 g/mol. The molecular formula is C19H20FN3OS. The number of nitrogens with zero attached hydrogens (tertiary/aromatic N) is 1. The van der Waals surface area contributed by atoms with Gasteiger partial charge in [-0.2, -0.15) is 0 Å². The number of carbonyl (C=O) groups excluding carboxylic acids is 1. The molecule has 0 aliphatic carbocycles. The molecule has 0 bridgehead atoms. The Hall–Kier alpha value is -2.31. The highest BCUT2D eigenvalue weighted by Crippen LogP contribution is 2.21. The molecule has 0 saturated heterocycles. The number of nitrogens with one attached hydrogen (secondary N) is 2. The number of carbonyl (C=O) groups is 1. The van der Waals surface area contributed by atoms with Gasteiger partial charge in [-0.15, -0.1) is 11.3 Å². The van der Waals surface area contributed by atoms with Crippen LogP contribution >= 0.6 is 11.3 Å². The van der Waals surface area contributed by atoms with Crippen LogP contribution < -0.4 is 10.6 Å². The molecule has 1 atom stereocenters. The molecule has 1 heterocycles. The van der Waals surface area contributed by atoms with Crippen molar-refractivity contribution in [1.82, 2.24) is 15.6 Å². The number of benzene rings is 2. The van der Waals surface area contributed by atoms with Crippen LogP contribution in [0, 0.1) is 5.82 Å². The molecule has 1 unspecified atom stereocenters. The molecule has 0 aliphatic heterocycles. The number of hydrogen-bond donors (Lipinski definition) is 2. The van der Waals surface area contributed by atoms with Gasteiger partial charge in [-0.1, -0.05) is 30.3 Å². The number of fused-ring (bicyclic) bond motifs is 1. The summed E-state index contributed by atoms with van der Waals surface area (Å²) < 4.78 is 14.9. The Kier molecular flexibility index (Phi) is 5.73. The van der Waals surface area contributed by atoms with Gasteiger partial charge in [-0.3, -0.25) is 4.79 Å². The average molecular weight is 357 g/mol. The summed E-state index contributed by atoms with van der Waals surface area (Å²) in [6, 6.07) is 14.4. The van der Waals surface area contributed by atoms with Gasteiger partial charge >= 0.3 is 0 Å². The lowest BCUT2D eigenvalue weighted by Crippen LogP contribution is -2.36. The van der Waals surface area contributed by atoms with Crippen LogP contribution in [0.1, 0.15) is 23.5 Å². The molecule has 0 saturated carbocycles. The van der Waals surface area contributed by atoms with Gasteiger partial charge in [0.25, 0.3) is 0 Å². The van der Waals surface area contributed by atoms with Crippen molar-refractivity contribution < 1.29 is 9.18 Å². The molecule has 3 aromatic rings. The van der Waals surface area contributed by atoms with Crippen molar-refractivity contribution in [3.05, 3.63) is 64.9 Å². The highest BCUT2D eigenvalue weighted by atomic mass is 32.1. The first-order valence-corrected chi connectivity index (χ1v) is 9.04. The molecule has 4 nitrogen and oxygen atoms in total. The Morgan fingerprint density at radius 2 is 1.96 bits per heavy atom. The van der Waals surface area contributed by atoms with Gasteiger partial charge in [-0.25, -0.2) is 9.37 Å². The van der Waals surface area contributed by atoms with Crippen molar-refractivity contribution in [3.63, 3.8) is 0 Å². The Morgan fingerprint density at radius 3 is 2.76 bits per heavy atom. The molecule has 6 heteroatoms. The lowest BCUT2D eigenvalue weighted by atomic mass is 10.1. The normalized spacial score (nSPS) is 12.2. The van der Waals surface area contributed by atoms with Gasteiger partial charge in [-0.05, 0) is 25.1 Å². The highest BCUT2D eigenvalue weighted by Gasteiger charge is 2.11. The lowest BCUT2D eigenvalue weighted by Gasteiger charge is -2.14. The Labute approximate surface area is 150 Å². The molecule has 1 aromatic heterocycles. The number of aromatic nitrogens is 1. The largest absolute Gasteiger partial charge is 0.355 e. The van der Waals surface area contributed by atoms with Crippen molar-refractivity contribution in [1.29, 1.82) is 0 Å². The summed E-state index contributed by atoms with van der Waals surface area (Å²) in [5.41, 5.74) is 1.55. The van der Waals surface area contributed by atoms with E-state index in [1.54, 1.807) is 29.5 Å². The van der Waals surface area contributed by atoms with Crippen molar-refractivity contribution in [2.75, 3.05) is 13.1 Å². The van der Waals surface area contributed by atoms with Crippen molar-refractivity contribution >= 4 is 27.5 Å². The van der Waals surface area contributed by atoms with Gasteiger partial charge < -0.3 is 10.6 Å². The molecule has 0 radical (unpaired) electrons. The maximum Gasteiger partial charge on any atom is 0.233 e. The predicted molar refractivity (Wildman–Crippen MR) is 99.2 cm³/mol. The van der Waals surface area contributed by atoms with Crippen LogP contribution in [0.5, 0.6) is 0 Å². The van der Waals surface area contributed by atoms with E-state index in [1.807, 2.05) is 31.2 Å². The summed E-state index contributed by atoms with van der Waals surface area (Å²) in [5, 5.41) is 6.92. The van der Waals surface area contributed by atoms with E-state index in [9.17, 15) is 9.18 Å². The van der Waals surface area contributed by atoms with Crippen LogP contribution in [0.3, 0.4) is 0 Å². The molecule has 1 amide bonds. The molecule has 0 fully saturated rings. The van der Waals surface area contributed by atoms with E-state index >= 15 is 0 Å². The number of rotatable bonds is 7. The summed E-state index contributed by atoms with van der Waals surface area (Å²) in [4.78, 5) is 16.5. The fraction of sp³-hybridized carbons (Fsp3) is 0.263. The number of halogens is 1. The third-order valence-corrected chi connectivity index (χ3v) is 5.04. The molecule has 25 heavy (non-hydrogen) atoms. The van der Waals surface area contributed by atoms with Gasteiger partial charge in [0.15, 0.2) is 0 Å². The molecule has 0 spiro atoms. The second kappa shape index (κ2) is 8.18. The van der Waals surface area contributed by atoms with E-state index < -0.39 is 0 Å². The van der Waals surface area contributed by atoms with Crippen LogP contribution in [-0.2, 0) is 11.2 Å². The zero-order valence-corrected chi connectivity index (χ0v) is 14.8. The van der Waals surface area contributed by atoms with Gasteiger partial charge in [0.2, 0.25) is 5.91 Å². The number of hydrogen-bond acceptors (Lipinski definition) is 4. The second-order valence-electron chi connectivity index (χ2n) is 5.80. The first-order valence-electron chi connectivity index (χ1n) is 8.22. The number of amides is 1. The predicted octanol–water partition coefficient (Wildman–Crippen LogP) is 3.44. The number of para-hydroxylation sites is 1. The van der Waals surface area contributed by atoms with E-state index in [4.69, 9.17) is 0 Å². The van der Waals surface area contributed by atoms with E-state index in [0.717, 1.165) is 15.2 Å². The van der Waals surface area contributed by atoms with Gasteiger partial charge in [0, 0.05) is 24.6 Å². The Morgan fingerprint density at radius 1 is 1.20 bits per heavy atom. The molecule has 0 aliphatic rings. The Bertz CT molecular complexity index is 832. The zero-order chi connectivity index (χ0) is 17.6. The minimum atomic E-state index is -0.265. The average Bonchev–Trinajstić information content (AvgIpc) is 3.03. The van der Waals surface area contributed by atoms with E-state index in [2.05, 4.69) is 15.6 Å². The minimum Gasteiger partial charge on any atom is -0.355 e. The summed E-state index contributed by atoms with van der Waals surface area (Å²) in [6.45, 7) is 2.52. The molecule has 3 rings (SSSR count). The van der Waals surface area contributed by atoms with Crippen LogP contribution in [0.4, 0.5) is 4.39 Å². The van der Waals surface area contributed by atoms with Crippen LogP contribution in [0.25, 0.3) is 10.2 Å². The molecule has 2 N–H and O–H groups in total. The zero-order valence-electron chi connectivity index (χ0n) is 14.0. The van der Waals surface area contributed by atoms with Gasteiger partial charge in [0.1, 0.15) is 5.82 Å². The SMILES string of the molecule is CC(NCC(=O)NCCc1nc2ccccc2s1)c1ccccc1F. The fourth-order valence-electron chi connectivity index (χ4n) is 2.58. The quantitative estimate of drug-likeness (QED) is 0.681. The summed E-state index contributed by atoms with van der Waals surface area (Å²) in [6.07, 6.45) is 0.702. The topological polar surface area (TPSA) is 54.0 Å². The third kappa shape index (κ3) is 4.61. The maximum absolute atomic E-state index is 13.7. The smallest absolute Gasteiger partial charge is 0.233 e. The summed E-state index contributed by atoms with van der Waals surface area (Å²) in [7, 11) is 0. The first kappa shape index (κ1) is 17.5. The standard InChI is InChI=1S/C19H20FN3OS/c1-13(14-6-2-3-7-15(14)20)22-12-18(24)21-11-10-19-23-16-8-4-5-9-17(16)25-19/h2-9,13,22H,10-12H2,1H3,(H,21,24). The fourth-order valence-corrected chi connectivity index (χ4v) is 3.55. The summed E-state index contributed by atoms with van der Waals surface area (Å²) in [5.74, 6) is -0.372. The lowest BCUT2D eigenvalue weighted by molar-refractivity contribution is -0.120. The highest BCUT2D eigenvalue weighted by molar-refractivity contribution is 7.18. The summed E-state index contributed by atoms with van der Waals surface area (Å²) >= 11 is 1.65. The Balaban J connectivity index is 1.43. The van der Waals surface area contributed by atoms with Gasteiger partial charge in [0.05, 0.1) is 21.8 Å². The van der Waals surface area contributed by atoms with Crippen molar-refractivity contribution in [2.24, 2.45) is 0 Å². The van der Waals surface area contributed by atoms with E-state index in [0.29, 0.717) is 18.5 Å². The maximum atomic E-state index is 13.7. The van der Waals surface area contributed by atoms with Crippen LogP contribution in [0.15, 0.2) is 48.5 Å².